The fourth-order valence-corrected chi connectivity index (χ4v) is 3.07. The zero-order valence-corrected chi connectivity index (χ0v) is 10.3. The van der Waals surface area contributed by atoms with Gasteiger partial charge in [-0.1, -0.05) is 19.8 Å². The van der Waals surface area contributed by atoms with Crippen molar-refractivity contribution in [2.24, 2.45) is 17.8 Å². The van der Waals surface area contributed by atoms with Gasteiger partial charge in [0.05, 0.1) is 11.8 Å². The molecule has 0 aromatic heterocycles. The molecule has 0 saturated heterocycles. The summed E-state index contributed by atoms with van der Waals surface area (Å²) in [6, 6.07) is 0.286. The van der Waals surface area contributed by atoms with Gasteiger partial charge >= 0.3 is 5.97 Å². The van der Waals surface area contributed by atoms with Crippen molar-refractivity contribution >= 4 is 11.9 Å². The van der Waals surface area contributed by atoms with E-state index in [1.54, 1.807) is 0 Å². The van der Waals surface area contributed by atoms with Crippen LogP contribution in [0.4, 0.5) is 0 Å². The zero-order valence-electron chi connectivity index (χ0n) is 10.3. The molecule has 0 bridgehead atoms. The maximum atomic E-state index is 12.0. The summed E-state index contributed by atoms with van der Waals surface area (Å²) in [5, 5.41) is 12.1. The van der Waals surface area contributed by atoms with Gasteiger partial charge in [-0.2, -0.15) is 0 Å². The molecule has 17 heavy (non-hydrogen) atoms. The van der Waals surface area contributed by atoms with Gasteiger partial charge in [-0.3, -0.25) is 9.59 Å². The second kappa shape index (κ2) is 5.07. The number of carbonyl (C=O) groups is 2. The van der Waals surface area contributed by atoms with E-state index in [4.69, 9.17) is 5.11 Å². The van der Waals surface area contributed by atoms with E-state index < -0.39 is 11.9 Å². The Balaban J connectivity index is 1.89. The average Bonchev–Trinajstić information content (AvgIpc) is 2.27. The predicted molar refractivity (Wildman–Crippen MR) is 63.4 cm³/mol. The Morgan fingerprint density at radius 1 is 1.12 bits per heavy atom. The molecule has 1 amide bonds. The molecule has 4 nitrogen and oxygen atoms in total. The minimum Gasteiger partial charge on any atom is -0.481 e. The highest BCUT2D eigenvalue weighted by Crippen LogP contribution is 2.32. The Kier molecular flexibility index (Phi) is 3.69. The molecule has 0 radical (unpaired) electrons. The number of carboxylic acids is 1. The van der Waals surface area contributed by atoms with Crippen LogP contribution in [0.3, 0.4) is 0 Å². The number of hydrogen-bond acceptors (Lipinski definition) is 2. The Hall–Kier alpha value is -1.06. The summed E-state index contributed by atoms with van der Waals surface area (Å²) in [5.74, 6) is -0.929. The molecule has 2 aliphatic rings. The number of amides is 1. The van der Waals surface area contributed by atoms with E-state index in [0.717, 1.165) is 32.1 Å². The first-order valence-electron chi connectivity index (χ1n) is 6.61. The van der Waals surface area contributed by atoms with Crippen molar-refractivity contribution in [1.29, 1.82) is 0 Å². The number of rotatable bonds is 3. The summed E-state index contributed by atoms with van der Waals surface area (Å²) in [7, 11) is 0. The maximum Gasteiger partial charge on any atom is 0.307 e. The minimum absolute atomic E-state index is 0.0333. The fraction of sp³-hybridized carbons (Fsp3) is 0.846. The van der Waals surface area contributed by atoms with E-state index in [-0.39, 0.29) is 17.9 Å². The predicted octanol–water partition coefficient (Wildman–Crippen LogP) is 1.79. The molecular formula is C13H21NO3. The van der Waals surface area contributed by atoms with Gasteiger partial charge in [0, 0.05) is 6.04 Å². The summed E-state index contributed by atoms with van der Waals surface area (Å²) in [4.78, 5) is 23.2. The van der Waals surface area contributed by atoms with Crippen LogP contribution >= 0.6 is 0 Å². The lowest BCUT2D eigenvalue weighted by molar-refractivity contribution is -0.149. The SMILES string of the molecule is CC1CC(NC(=O)C2CCCCC2C(=O)O)C1. The van der Waals surface area contributed by atoms with Gasteiger partial charge < -0.3 is 10.4 Å². The standard InChI is InChI=1S/C13H21NO3/c1-8-6-9(7-8)14-12(15)10-4-2-3-5-11(10)13(16)17/h8-11H,2-7H2,1H3,(H,14,15)(H,16,17). The zero-order chi connectivity index (χ0) is 12.4. The van der Waals surface area contributed by atoms with Gasteiger partial charge in [0.15, 0.2) is 0 Å². The lowest BCUT2D eigenvalue weighted by Crippen LogP contribution is -2.48. The molecule has 2 rings (SSSR count). The first kappa shape index (κ1) is 12.4. The van der Waals surface area contributed by atoms with Gasteiger partial charge in [0.1, 0.15) is 0 Å². The Morgan fingerprint density at radius 2 is 1.71 bits per heavy atom. The van der Waals surface area contributed by atoms with Crippen molar-refractivity contribution in [3.05, 3.63) is 0 Å². The van der Waals surface area contributed by atoms with Gasteiger partial charge in [-0.15, -0.1) is 0 Å². The number of carboxylic acid groups (broad SMARTS) is 1. The molecular weight excluding hydrogens is 218 g/mol. The van der Waals surface area contributed by atoms with Crippen LogP contribution < -0.4 is 5.32 Å². The summed E-state index contributed by atoms with van der Waals surface area (Å²) in [6.45, 7) is 2.17. The van der Waals surface area contributed by atoms with Crippen molar-refractivity contribution < 1.29 is 14.7 Å². The molecule has 2 unspecified atom stereocenters. The molecule has 0 aromatic rings. The van der Waals surface area contributed by atoms with Crippen LogP contribution in [0.15, 0.2) is 0 Å². The van der Waals surface area contributed by atoms with Crippen molar-refractivity contribution in [1.82, 2.24) is 5.32 Å². The van der Waals surface area contributed by atoms with Crippen molar-refractivity contribution in [3.63, 3.8) is 0 Å². The Bertz CT molecular complexity index is 310. The second-order valence-corrected chi connectivity index (χ2v) is 5.62. The molecule has 4 heteroatoms. The van der Waals surface area contributed by atoms with Crippen LogP contribution in [-0.4, -0.2) is 23.0 Å². The number of aliphatic carboxylic acids is 1. The van der Waals surface area contributed by atoms with Gasteiger partial charge in [-0.05, 0) is 31.6 Å². The van der Waals surface area contributed by atoms with Gasteiger partial charge in [-0.25, -0.2) is 0 Å². The quantitative estimate of drug-likeness (QED) is 0.789. The monoisotopic (exact) mass is 239 g/mol. The molecule has 96 valence electrons. The third-order valence-electron chi connectivity index (χ3n) is 4.14. The van der Waals surface area contributed by atoms with Crippen molar-refractivity contribution in [3.8, 4) is 0 Å². The molecule has 2 atom stereocenters. The number of nitrogens with one attached hydrogen (secondary N) is 1. The molecule has 0 aliphatic heterocycles. The highest BCUT2D eigenvalue weighted by atomic mass is 16.4. The number of carbonyl (C=O) groups excluding carboxylic acids is 1. The summed E-state index contributed by atoms with van der Waals surface area (Å²) in [5.41, 5.74) is 0. The molecule has 2 fully saturated rings. The van der Waals surface area contributed by atoms with Crippen LogP contribution in [-0.2, 0) is 9.59 Å². The topological polar surface area (TPSA) is 66.4 Å². The van der Waals surface area contributed by atoms with E-state index in [2.05, 4.69) is 12.2 Å². The smallest absolute Gasteiger partial charge is 0.307 e. The normalized spacial score (nSPS) is 37.0. The first-order chi connectivity index (χ1) is 8.08. The number of hydrogen-bond donors (Lipinski definition) is 2. The largest absolute Gasteiger partial charge is 0.481 e. The molecule has 2 aliphatic carbocycles. The lowest BCUT2D eigenvalue weighted by atomic mass is 9.77. The van der Waals surface area contributed by atoms with E-state index in [9.17, 15) is 9.59 Å². The summed E-state index contributed by atoms with van der Waals surface area (Å²) < 4.78 is 0. The molecule has 2 N–H and O–H groups in total. The van der Waals surface area contributed by atoms with Crippen LogP contribution in [0.25, 0.3) is 0 Å². The molecule has 0 spiro atoms. The summed E-state index contributed by atoms with van der Waals surface area (Å²) in [6.07, 6.45) is 5.36. The van der Waals surface area contributed by atoms with E-state index >= 15 is 0 Å². The van der Waals surface area contributed by atoms with Gasteiger partial charge in [0.25, 0.3) is 0 Å². The third kappa shape index (κ3) is 2.79. The molecule has 0 aromatic carbocycles. The van der Waals surface area contributed by atoms with Crippen LogP contribution in [0.1, 0.15) is 45.4 Å². The fourth-order valence-electron chi connectivity index (χ4n) is 3.07. The Labute approximate surface area is 102 Å². The van der Waals surface area contributed by atoms with E-state index in [1.165, 1.54) is 0 Å². The molecule has 2 saturated carbocycles. The van der Waals surface area contributed by atoms with Crippen LogP contribution in [0.2, 0.25) is 0 Å². The van der Waals surface area contributed by atoms with Crippen molar-refractivity contribution in [2.75, 3.05) is 0 Å². The third-order valence-corrected chi connectivity index (χ3v) is 4.14. The highest BCUT2D eigenvalue weighted by Gasteiger charge is 2.37. The van der Waals surface area contributed by atoms with Crippen LogP contribution in [0, 0.1) is 17.8 Å². The second-order valence-electron chi connectivity index (χ2n) is 5.62. The van der Waals surface area contributed by atoms with Gasteiger partial charge in [0.2, 0.25) is 5.91 Å². The Morgan fingerprint density at radius 3 is 2.24 bits per heavy atom. The summed E-state index contributed by atoms with van der Waals surface area (Å²) >= 11 is 0. The highest BCUT2D eigenvalue weighted by molar-refractivity contribution is 5.85. The first-order valence-corrected chi connectivity index (χ1v) is 6.61. The average molecular weight is 239 g/mol. The van der Waals surface area contributed by atoms with Crippen LogP contribution in [0.5, 0.6) is 0 Å². The van der Waals surface area contributed by atoms with E-state index in [1.807, 2.05) is 0 Å². The molecule has 0 heterocycles. The van der Waals surface area contributed by atoms with Crippen molar-refractivity contribution in [2.45, 2.75) is 51.5 Å². The van der Waals surface area contributed by atoms with E-state index in [0.29, 0.717) is 12.3 Å². The minimum atomic E-state index is -0.813. The maximum absolute atomic E-state index is 12.0. The lowest BCUT2D eigenvalue weighted by Gasteiger charge is -2.36.